The molecule has 6 aliphatic heterocycles. The average Bonchev–Trinajstić information content (AvgIpc) is 0.992. The smallest absolute Gasteiger partial charge is 0.273 e. The number of hydrogen-bond donors (Lipinski definition) is 1. The molecular weight excluding hydrogens is 1220 g/mol. The van der Waals surface area contributed by atoms with E-state index in [1.165, 1.54) is 0 Å². The van der Waals surface area contributed by atoms with Gasteiger partial charge in [-0.25, -0.2) is 0 Å². The van der Waals surface area contributed by atoms with E-state index in [1.807, 2.05) is 233 Å². The molecule has 8 heterocycles. The summed E-state index contributed by atoms with van der Waals surface area (Å²) in [6.07, 6.45) is 0. The predicted molar refractivity (Wildman–Crippen MR) is 398 cm³/mol. The number of benzene rings is 13. The first-order chi connectivity index (χ1) is 50.1. The van der Waals surface area contributed by atoms with Crippen molar-refractivity contribution in [3.63, 3.8) is 0 Å². The van der Waals surface area contributed by atoms with Gasteiger partial charge in [0.05, 0.1) is 25.3 Å². The number of fused-ring (bicyclic) bond motifs is 16. The standard InChI is InChI=1S/C82H49B3N4O5S2/c1-7-23-49(24-8-1)87(50-25-9-2-10-26-50)55-39-65-76-69(40-55)93-79-58-35-19-21-37-74(58)95-81(79)84(76)60-45-61-66(47-64(60)86-65)90-70-41-56(88(51-27-11-3-12-28-51)52-29-13-4-14-30-52)42-71-77(70)83(61)62-46-63-68(48-67(62)91-71)92-72-43-57(89(53-31-15-5-16-32-53)54-33-17-6-18-34-54)44-73-78(72)85(63)82-80(94-73)59-36-20-22-38-75(59)96-82/h1-48,86H/i39D,40D,41D,42D,43D,44D. The van der Waals surface area contributed by atoms with Gasteiger partial charge in [0.1, 0.15) is 57.5 Å². The molecule has 0 saturated carbocycles. The molecule has 14 heteroatoms. The fourth-order valence-electron chi connectivity index (χ4n) is 15.0. The van der Waals surface area contributed by atoms with Crippen molar-refractivity contribution in [3.8, 4) is 57.5 Å². The topological polar surface area (TPSA) is 67.9 Å². The molecule has 13 aromatic carbocycles. The molecule has 0 atom stereocenters. The number of anilines is 11. The third-order valence-corrected chi connectivity index (χ3v) is 21.5. The maximum atomic E-state index is 10.6. The lowest BCUT2D eigenvalue weighted by atomic mass is 9.31. The van der Waals surface area contributed by atoms with Crippen LogP contribution in [0.3, 0.4) is 0 Å². The summed E-state index contributed by atoms with van der Waals surface area (Å²) < 4.78 is 103. The SMILES string of the molecule is [2H]c1c2c3c(c([2H])c1N(c1ccccc1)c1ccccc1)Oc1c(sc4ccccc14)B3c1cc3c(cc1N2)Oc1c([2H])c(N(c2ccccc2)c2ccccc2)c([2H])c2c1B3c1cc3c(cc1O2)Oc1c([2H])c(N(c2ccccc2)c2ccccc2)c([2H])c2c1B3c1sc3ccccc3c1O2. The van der Waals surface area contributed by atoms with Gasteiger partial charge < -0.3 is 43.7 Å². The molecule has 2 aromatic heterocycles. The van der Waals surface area contributed by atoms with E-state index in [0.717, 1.165) is 68.9 Å². The van der Waals surface area contributed by atoms with Crippen LogP contribution in [-0.2, 0) is 0 Å². The number of rotatable bonds is 9. The van der Waals surface area contributed by atoms with Crippen LogP contribution in [0.4, 0.5) is 62.6 Å². The van der Waals surface area contributed by atoms with E-state index >= 15 is 0 Å². The van der Waals surface area contributed by atoms with Gasteiger partial charge in [0.2, 0.25) is 0 Å². The summed E-state index contributed by atoms with van der Waals surface area (Å²) in [5.74, 6) is 3.81. The van der Waals surface area contributed by atoms with E-state index in [-0.39, 0.29) is 70.6 Å². The van der Waals surface area contributed by atoms with Crippen molar-refractivity contribution in [2.45, 2.75) is 0 Å². The Balaban J connectivity index is 0.818. The van der Waals surface area contributed by atoms with Crippen LogP contribution in [0.2, 0.25) is 0 Å². The molecule has 15 aromatic rings. The zero-order valence-corrected chi connectivity index (χ0v) is 52.3. The van der Waals surface area contributed by atoms with Gasteiger partial charge in [-0.15, -0.1) is 22.7 Å². The van der Waals surface area contributed by atoms with Crippen LogP contribution in [0.15, 0.2) is 291 Å². The molecule has 0 amide bonds. The fourth-order valence-corrected chi connectivity index (χ4v) is 17.5. The highest BCUT2D eigenvalue weighted by Gasteiger charge is 2.49. The van der Waals surface area contributed by atoms with Crippen LogP contribution in [0, 0.1) is 0 Å². The molecule has 0 spiro atoms. The molecule has 0 fully saturated rings. The van der Waals surface area contributed by atoms with Gasteiger partial charge in [-0.2, -0.15) is 0 Å². The quantitative estimate of drug-likeness (QED) is 0.142. The Hall–Kier alpha value is -11.8. The highest BCUT2D eigenvalue weighted by Crippen LogP contribution is 2.50. The molecule has 0 aliphatic carbocycles. The Kier molecular flexibility index (Phi) is 10.4. The summed E-state index contributed by atoms with van der Waals surface area (Å²) in [6, 6.07) is 83.3. The van der Waals surface area contributed by atoms with Crippen LogP contribution in [0.5, 0.6) is 57.5 Å². The fraction of sp³-hybridized carbons (Fsp3) is 0. The highest BCUT2D eigenvalue weighted by atomic mass is 32.1. The second-order valence-electron chi connectivity index (χ2n) is 24.5. The van der Waals surface area contributed by atoms with Gasteiger partial charge in [-0.05, 0) is 130 Å². The van der Waals surface area contributed by atoms with Crippen LogP contribution in [0.1, 0.15) is 8.22 Å². The van der Waals surface area contributed by atoms with Gasteiger partial charge in [-0.1, -0.05) is 146 Å². The normalized spacial score (nSPS) is 14.1. The second-order valence-corrected chi connectivity index (χ2v) is 26.7. The molecule has 0 radical (unpaired) electrons. The Morgan fingerprint density at radius 1 is 0.281 bits per heavy atom. The summed E-state index contributed by atoms with van der Waals surface area (Å²) in [4.78, 5) is 5.79. The van der Waals surface area contributed by atoms with Crippen LogP contribution in [0.25, 0.3) is 20.2 Å². The molecule has 9 nitrogen and oxygen atoms in total. The lowest BCUT2D eigenvalue weighted by molar-refractivity contribution is 0.453. The van der Waals surface area contributed by atoms with Crippen molar-refractivity contribution in [1.82, 2.24) is 0 Å². The number of nitrogens with zero attached hydrogens (tertiary/aromatic N) is 3. The molecule has 0 bridgehead atoms. The van der Waals surface area contributed by atoms with Crippen molar-refractivity contribution in [2.75, 3.05) is 20.0 Å². The van der Waals surface area contributed by atoms with Gasteiger partial charge in [0.15, 0.2) is 0 Å². The van der Waals surface area contributed by atoms with Crippen molar-refractivity contribution in [1.29, 1.82) is 0 Å². The van der Waals surface area contributed by atoms with E-state index in [2.05, 4.69) is 41.7 Å². The van der Waals surface area contributed by atoms with Crippen molar-refractivity contribution < 1.29 is 31.9 Å². The van der Waals surface area contributed by atoms with Gasteiger partial charge in [0.25, 0.3) is 20.1 Å². The second kappa shape index (κ2) is 20.8. The van der Waals surface area contributed by atoms with E-state index in [1.54, 1.807) is 22.7 Å². The Morgan fingerprint density at radius 3 is 1.03 bits per heavy atom. The summed E-state index contributed by atoms with van der Waals surface area (Å²) >= 11 is 3.24. The van der Waals surface area contributed by atoms with E-state index in [4.69, 9.17) is 23.7 Å². The first-order valence-electron chi connectivity index (χ1n) is 34.9. The third-order valence-electron chi connectivity index (χ3n) is 19.1. The third kappa shape index (κ3) is 8.12. The van der Waals surface area contributed by atoms with Crippen LogP contribution >= 0.6 is 22.7 Å². The maximum absolute atomic E-state index is 10.6. The van der Waals surface area contributed by atoms with Gasteiger partial charge in [0, 0.05) is 128 Å². The van der Waals surface area contributed by atoms with E-state index in [0.29, 0.717) is 84.8 Å². The molecule has 0 saturated heterocycles. The highest BCUT2D eigenvalue weighted by molar-refractivity contribution is 7.34. The molecule has 448 valence electrons. The Bertz CT molecular complexity index is 5670. The summed E-state index contributed by atoms with van der Waals surface area (Å²) in [5, 5.41) is 5.60. The molecule has 6 aliphatic rings. The number of para-hydroxylation sites is 6. The minimum atomic E-state index is -0.760. The summed E-state index contributed by atoms with van der Waals surface area (Å²) in [6.45, 7) is -1.93. The predicted octanol–water partition coefficient (Wildman–Crippen LogP) is 16.7. The Labute approximate surface area is 570 Å². The number of ether oxygens (including phenoxy) is 5. The molecule has 1 N–H and O–H groups in total. The van der Waals surface area contributed by atoms with Gasteiger partial charge >= 0.3 is 0 Å². The van der Waals surface area contributed by atoms with E-state index in [9.17, 15) is 8.22 Å². The lowest BCUT2D eigenvalue weighted by Gasteiger charge is -2.39. The number of thiophene rings is 2. The van der Waals surface area contributed by atoms with Crippen molar-refractivity contribution in [3.05, 3.63) is 291 Å². The Morgan fingerprint density at radius 2 is 0.604 bits per heavy atom. The minimum Gasteiger partial charge on any atom is -0.458 e. The lowest BCUT2D eigenvalue weighted by Crippen LogP contribution is -2.63. The van der Waals surface area contributed by atoms with Crippen molar-refractivity contribution >= 4 is 173 Å². The van der Waals surface area contributed by atoms with Crippen LogP contribution < -0.4 is 91.5 Å². The summed E-state index contributed by atoms with van der Waals surface area (Å²) in [7, 11) is 0. The largest absolute Gasteiger partial charge is 0.458 e. The zero-order valence-electron chi connectivity index (χ0n) is 56.7. The first kappa shape index (κ1) is 48.0. The molecule has 0 unspecified atom stereocenters. The molecular formula is C82H49B3N4O5S2. The number of nitrogens with one attached hydrogen (secondary N) is 1. The van der Waals surface area contributed by atoms with Gasteiger partial charge in [-0.3, -0.25) is 0 Å². The van der Waals surface area contributed by atoms with Crippen molar-refractivity contribution in [2.24, 2.45) is 0 Å². The molecule has 21 rings (SSSR count). The monoisotopic (exact) mass is 1270 g/mol. The van der Waals surface area contributed by atoms with E-state index < -0.39 is 20.1 Å². The number of hydrogen-bond acceptors (Lipinski definition) is 11. The minimum absolute atomic E-state index is 0.000683. The maximum Gasteiger partial charge on any atom is 0.273 e. The first-order valence-corrected chi connectivity index (χ1v) is 33.5. The molecule has 96 heavy (non-hydrogen) atoms. The summed E-state index contributed by atoms with van der Waals surface area (Å²) in [5.41, 5.74) is 11.2. The van der Waals surface area contributed by atoms with Crippen LogP contribution in [-0.4, -0.2) is 20.1 Å². The average molecular weight is 1270 g/mol. The zero-order chi connectivity index (χ0) is 67.9.